The Bertz CT molecular complexity index is 984. The largest absolute Gasteiger partial charge is 0.457 e. The molecule has 7 heteroatoms. The Balaban J connectivity index is 1.27. The zero-order valence-electron chi connectivity index (χ0n) is 16.9. The first-order valence-corrected chi connectivity index (χ1v) is 11.3. The SMILES string of the molecule is O=C1C(NSc2ccc(Oc3ccc(Cl)cc3)cc2)CCCN1OCc1ccccc1. The van der Waals surface area contributed by atoms with Gasteiger partial charge >= 0.3 is 0 Å². The zero-order valence-corrected chi connectivity index (χ0v) is 18.4. The van der Waals surface area contributed by atoms with Crippen LogP contribution < -0.4 is 9.46 Å². The van der Waals surface area contributed by atoms with E-state index in [0.717, 1.165) is 34.8 Å². The second-order valence-corrected chi connectivity index (χ2v) is 8.49. The molecule has 1 amide bonds. The van der Waals surface area contributed by atoms with Crippen LogP contribution in [0.3, 0.4) is 0 Å². The fourth-order valence-electron chi connectivity index (χ4n) is 3.16. The molecule has 1 aliphatic rings. The summed E-state index contributed by atoms with van der Waals surface area (Å²) >= 11 is 7.34. The third kappa shape index (κ3) is 6.24. The number of hydrogen-bond acceptors (Lipinski definition) is 5. The summed E-state index contributed by atoms with van der Waals surface area (Å²) < 4.78 is 9.09. The number of amides is 1. The fourth-order valence-corrected chi connectivity index (χ4v) is 4.06. The Kier molecular flexibility index (Phi) is 7.48. The van der Waals surface area contributed by atoms with Gasteiger partial charge in [-0.1, -0.05) is 41.9 Å². The molecule has 1 aliphatic heterocycles. The van der Waals surface area contributed by atoms with Gasteiger partial charge in [0.1, 0.15) is 18.1 Å². The molecule has 0 radical (unpaired) electrons. The molecule has 1 heterocycles. The van der Waals surface area contributed by atoms with Crippen molar-refractivity contribution < 1.29 is 14.4 Å². The summed E-state index contributed by atoms with van der Waals surface area (Å²) in [4.78, 5) is 19.5. The van der Waals surface area contributed by atoms with Gasteiger partial charge in [0, 0.05) is 16.5 Å². The van der Waals surface area contributed by atoms with Crippen molar-refractivity contribution in [1.82, 2.24) is 9.79 Å². The Labute approximate surface area is 191 Å². The van der Waals surface area contributed by atoms with E-state index in [9.17, 15) is 4.79 Å². The van der Waals surface area contributed by atoms with Gasteiger partial charge < -0.3 is 4.74 Å². The van der Waals surface area contributed by atoms with Gasteiger partial charge in [-0.05, 0) is 78.9 Å². The fraction of sp³-hybridized carbons (Fsp3) is 0.208. The third-order valence-electron chi connectivity index (χ3n) is 4.82. The van der Waals surface area contributed by atoms with Crippen molar-refractivity contribution in [3.63, 3.8) is 0 Å². The van der Waals surface area contributed by atoms with Crippen molar-refractivity contribution in [3.8, 4) is 11.5 Å². The highest BCUT2D eigenvalue weighted by Crippen LogP contribution is 2.26. The number of carbonyl (C=O) groups excluding carboxylic acids is 1. The van der Waals surface area contributed by atoms with Gasteiger partial charge in [-0.25, -0.2) is 9.79 Å². The van der Waals surface area contributed by atoms with Gasteiger partial charge in [0.15, 0.2) is 0 Å². The number of benzene rings is 3. The normalized spacial score (nSPS) is 16.4. The van der Waals surface area contributed by atoms with Gasteiger partial charge in [-0.2, -0.15) is 0 Å². The van der Waals surface area contributed by atoms with Gasteiger partial charge in [-0.3, -0.25) is 9.63 Å². The molecule has 0 aromatic heterocycles. The van der Waals surface area contributed by atoms with Crippen LogP contribution in [0.2, 0.25) is 5.02 Å². The number of carbonyl (C=O) groups is 1. The van der Waals surface area contributed by atoms with E-state index < -0.39 is 0 Å². The minimum Gasteiger partial charge on any atom is -0.457 e. The monoisotopic (exact) mass is 454 g/mol. The predicted octanol–water partition coefficient (Wildman–Crippen LogP) is 5.85. The Morgan fingerprint density at radius 2 is 1.65 bits per heavy atom. The minimum absolute atomic E-state index is 0.0302. The lowest BCUT2D eigenvalue weighted by molar-refractivity contribution is -0.198. The highest BCUT2D eigenvalue weighted by atomic mass is 35.5. The number of piperidine rings is 1. The van der Waals surface area contributed by atoms with E-state index in [1.165, 1.54) is 17.0 Å². The zero-order chi connectivity index (χ0) is 21.5. The average Bonchev–Trinajstić information content (AvgIpc) is 2.81. The second kappa shape index (κ2) is 10.7. The number of hydrogen-bond donors (Lipinski definition) is 1. The molecule has 1 fully saturated rings. The lowest BCUT2D eigenvalue weighted by atomic mass is 10.1. The van der Waals surface area contributed by atoms with Crippen molar-refractivity contribution in [3.05, 3.63) is 89.4 Å². The smallest absolute Gasteiger partial charge is 0.264 e. The molecule has 5 nitrogen and oxygen atoms in total. The number of nitrogens with one attached hydrogen (secondary N) is 1. The van der Waals surface area contributed by atoms with Crippen molar-refractivity contribution in [1.29, 1.82) is 0 Å². The molecule has 1 atom stereocenters. The van der Waals surface area contributed by atoms with Crippen molar-refractivity contribution in [2.75, 3.05) is 6.54 Å². The van der Waals surface area contributed by atoms with Gasteiger partial charge in [0.2, 0.25) is 0 Å². The first kappa shape index (κ1) is 21.7. The summed E-state index contributed by atoms with van der Waals surface area (Å²) in [5.74, 6) is 1.43. The topological polar surface area (TPSA) is 50.8 Å². The van der Waals surface area contributed by atoms with Crippen LogP contribution in [0.4, 0.5) is 0 Å². The molecule has 1 saturated heterocycles. The van der Waals surface area contributed by atoms with E-state index in [1.807, 2.05) is 66.7 Å². The maximum absolute atomic E-state index is 12.7. The van der Waals surface area contributed by atoms with E-state index in [0.29, 0.717) is 18.2 Å². The second-order valence-electron chi connectivity index (χ2n) is 7.14. The predicted molar refractivity (Wildman–Crippen MR) is 123 cm³/mol. The molecule has 1 unspecified atom stereocenters. The first-order valence-electron chi connectivity index (χ1n) is 10.1. The molecule has 31 heavy (non-hydrogen) atoms. The van der Waals surface area contributed by atoms with Crippen LogP contribution in [-0.4, -0.2) is 23.6 Å². The summed E-state index contributed by atoms with van der Waals surface area (Å²) in [6, 6.07) is 24.5. The number of nitrogens with zero attached hydrogens (tertiary/aromatic N) is 1. The summed E-state index contributed by atoms with van der Waals surface area (Å²) in [6.07, 6.45) is 1.68. The highest BCUT2D eigenvalue weighted by Gasteiger charge is 2.29. The van der Waals surface area contributed by atoms with Crippen LogP contribution in [0.25, 0.3) is 0 Å². The van der Waals surface area contributed by atoms with Crippen LogP contribution in [0, 0.1) is 0 Å². The van der Waals surface area contributed by atoms with E-state index in [1.54, 1.807) is 12.1 Å². The van der Waals surface area contributed by atoms with Crippen molar-refractivity contribution >= 4 is 29.5 Å². The lowest BCUT2D eigenvalue weighted by Gasteiger charge is -2.31. The molecule has 0 saturated carbocycles. The molecule has 4 rings (SSSR count). The highest BCUT2D eigenvalue weighted by molar-refractivity contribution is 7.97. The molecule has 3 aromatic carbocycles. The molecule has 0 bridgehead atoms. The third-order valence-corrected chi connectivity index (χ3v) is 5.98. The lowest BCUT2D eigenvalue weighted by Crippen LogP contribution is -2.48. The number of rotatable bonds is 8. The van der Waals surface area contributed by atoms with Crippen molar-refractivity contribution in [2.45, 2.75) is 30.4 Å². The summed E-state index contributed by atoms with van der Waals surface area (Å²) in [7, 11) is 0. The maximum atomic E-state index is 12.7. The van der Waals surface area contributed by atoms with E-state index in [4.69, 9.17) is 21.2 Å². The average molecular weight is 455 g/mol. The van der Waals surface area contributed by atoms with E-state index in [-0.39, 0.29) is 11.9 Å². The van der Waals surface area contributed by atoms with Crippen LogP contribution in [0.1, 0.15) is 18.4 Å². The van der Waals surface area contributed by atoms with Crippen LogP contribution >= 0.6 is 23.5 Å². The van der Waals surface area contributed by atoms with Crippen molar-refractivity contribution in [2.24, 2.45) is 0 Å². The molecular formula is C24H23ClN2O3S. The van der Waals surface area contributed by atoms with Gasteiger partial charge in [0.05, 0.1) is 6.04 Å². The van der Waals surface area contributed by atoms with Crippen LogP contribution in [0.15, 0.2) is 83.8 Å². The molecule has 0 aliphatic carbocycles. The Hall–Kier alpha value is -2.51. The van der Waals surface area contributed by atoms with E-state index >= 15 is 0 Å². The summed E-state index contributed by atoms with van der Waals surface area (Å²) in [5.41, 5.74) is 1.04. The van der Waals surface area contributed by atoms with Gasteiger partial charge in [0.25, 0.3) is 5.91 Å². The minimum atomic E-state index is -0.278. The standard InChI is InChI=1S/C24H23ClN2O3S/c25-19-8-10-20(11-9-19)30-21-12-14-22(15-13-21)31-26-23-7-4-16-27(24(23)28)29-17-18-5-2-1-3-6-18/h1-3,5-6,8-15,23,26H,4,7,16-17H2. The van der Waals surface area contributed by atoms with Crippen LogP contribution in [0.5, 0.6) is 11.5 Å². The van der Waals surface area contributed by atoms with E-state index in [2.05, 4.69) is 4.72 Å². The number of hydroxylamine groups is 2. The number of halogens is 1. The molecule has 3 aromatic rings. The first-order chi connectivity index (χ1) is 15.2. The maximum Gasteiger partial charge on any atom is 0.264 e. The van der Waals surface area contributed by atoms with Crippen LogP contribution in [-0.2, 0) is 16.2 Å². The summed E-state index contributed by atoms with van der Waals surface area (Å²) in [6.45, 7) is 1.01. The molecular weight excluding hydrogens is 432 g/mol. The van der Waals surface area contributed by atoms with Gasteiger partial charge in [-0.15, -0.1) is 0 Å². The Morgan fingerprint density at radius 3 is 2.35 bits per heavy atom. The summed E-state index contributed by atoms with van der Waals surface area (Å²) in [5, 5.41) is 2.16. The Morgan fingerprint density at radius 1 is 0.968 bits per heavy atom. The molecule has 160 valence electrons. The molecule has 0 spiro atoms. The quantitative estimate of drug-likeness (QED) is 0.432. The number of ether oxygens (including phenoxy) is 1. The molecule has 1 N–H and O–H groups in total.